The minimum Gasteiger partial charge on any atom is -0.476 e. The van der Waals surface area contributed by atoms with E-state index in [9.17, 15) is 9.59 Å². The van der Waals surface area contributed by atoms with Gasteiger partial charge in [0, 0.05) is 26.6 Å². The molecule has 2 rings (SSSR count). The van der Waals surface area contributed by atoms with Crippen molar-refractivity contribution in [3.05, 3.63) is 10.6 Å². The van der Waals surface area contributed by atoms with E-state index in [4.69, 9.17) is 9.84 Å². The van der Waals surface area contributed by atoms with Gasteiger partial charge in [0.05, 0.1) is 6.10 Å². The molecular formula is C13H18N2O4S. The summed E-state index contributed by atoms with van der Waals surface area (Å²) >= 11 is 1.14. The van der Waals surface area contributed by atoms with E-state index in [0.717, 1.165) is 30.8 Å². The highest BCUT2D eigenvalue weighted by molar-refractivity contribution is 7.17. The number of hydrogen-bond donors (Lipinski definition) is 1. The Morgan fingerprint density at radius 2 is 2.30 bits per heavy atom. The van der Waals surface area contributed by atoms with E-state index in [1.807, 2.05) is 11.8 Å². The van der Waals surface area contributed by atoms with Crippen LogP contribution in [0.3, 0.4) is 0 Å². The summed E-state index contributed by atoms with van der Waals surface area (Å²) in [5, 5.41) is 9.69. The van der Waals surface area contributed by atoms with Gasteiger partial charge in [0.25, 0.3) is 0 Å². The van der Waals surface area contributed by atoms with Gasteiger partial charge in [0.15, 0.2) is 16.6 Å². The molecule has 110 valence electrons. The summed E-state index contributed by atoms with van der Waals surface area (Å²) in [7, 11) is 0. The summed E-state index contributed by atoms with van der Waals surface area (Å²) in [4.78, 5) is 28.9. The van der Waals surface area contributed by atoms with Crippen molar-refractivity contribution in [3.63, 3.8) is 0 Å². The fourth-order valence-corrected chi connectivity index (χ4v) is 3.23. The van der Waals surface area contributed by atoms with Crippen LogP contribution in [0.4, 0.5) is 5.13 Å². The third-order valence-corrected chi connectivity index (χ3v) is 4.46. The summed E-state index contributed by atoms with van der Waals surface area (Å²) < 4.78 is 5.59. The van der Waals surface area contributed by atoms with Crippen LogP contribution in [0, 0.1) is 0 Å². The van der Waals surface area contributed by atoms with E-state index < -0.39 is 5.97 Å². The largest absolute Gasteiger partial charge is 0.476 e. The van der Waals surface area contributed by atoms with Crippen LogP contribution in [0.5, 0.6) is 0 Å². The molecule has 20 heavy (non-hydrogen) atoms. The highest BCUT2D eigenvalue weighted by Crippen LogP contribution is 2.28. The van der Waals surface area contributed by atoms with Gasteiger partial charge in [-0.25, -0.2) is 9.78 Å². The fourth-order valence-electron chi connectivity index (χ4n) is 2.20. The van der Waals surface area contributed by atoms with Crippen molar-refractivity contribution >= 4 is 28.2 Å². The van der Waals surface area contributed by atoms with E-state index in [0.29, 0.717) is 18.2 Å². The Balaban J connectivity index is 2.22. The number of thiazole rings is 1. The Labute approximate surface area is 121 Å². The zero-order chi connectivity index (χ0) is 14.7. The average Bonchev–Trinajstić information content (AvgIpc) is 3.04. The van der Waals surface area contributed by atoms with Gasteiger partial charge in [-0.1, -0.05) is 11.3 Å². The summed E-state index contributed by atoms with van der Waals surface area (Å²) in [5.74, 6) is -1.43. The molecule has 2 heterocycles. The maximum atomic E-state index is 11.5. The molecule has 0 bridgehead atoms. The lowest BCUT2D eigenvalue weighted by atomic mass is 10.2. The van der Waals surface area contributed by atoms with Crippen LogP contribution in [0.2, 0.25) is 0 Å². The summed E-state index contributed by atoms with van der Waals surface area (Å²) in [6.45, 7) is 5.49. The zero-order valence-corrected chi connectivity index (χ0v) is 12.4. The van der Waals surface area contributed by atoms with Gasteiger partial charge >= 0.3 is 5.97 Å². The first-order chi connectivity index (χ1) is 9.52. The van der Waals surface area contributed by atoms with Crippen molar-refractivity contribution in [2.45, 2.75) is 32.8 Å². The molecule has 0 spiro atoms. The lowest BCUT2D eigenvalue weighted by molar-refractivity contribution is 0.0687. The first-order valence-electron chi connectivity index (χ1n) is 6.64. The molecular weight excluding hydrogens is 280 g/mol. The van der Waals surface area contributed by atoms with Crippen LogP contribution in [0.25, 0.3) is 0 Å². The van der Waals surface area contributed by atoms with Crippen LogP contribution in [0.1, 0.15) is 46.8 Å². The highest BCUT2D eigenvalue weighted by Gasteiger charge is 2.25. The summed E-state index contributed by atoms with van der Waals surface area (Å²) in [6, 6.07) is 0. The molecule has 1 unspecified atom stereocenters. The Bertz CT molecular complexity index is 477. The Hall–Kier alpha value is -1.47. The number of carbonyl (C=O) groups is 2. The molecule has 1 aromatic rings. The van der Waals surface area contributed by atoms with Crippen molar-refractivity contribution < 1.29 is 19.4 Å². The second-order valence-electron chi connectivity index (χ2n) is 4.71. The smallest absolute Gasteiger partial charge is 0.356 e. The van der Waals surface area contributed by atoms with Crippen molar-refractivity contribution in [3.8, 4) is 0 Å². The van der Waals surface area contributed by atoms with Gasteiger partial charge in [-0.05, 0) is 19.8 Å². The van der Waals surface area contributed by atoms with Gasteiger partial charge in [0.1, 0.15) is 4.88 Å². The predicted molar refractivity (Wildman–Crippen MR) is 75.9 cm³/mol. The molecule has 0 amide bonds. The number of carbonyl (C=O) groups excluding carboxylic acids is 1. The van der Waals surface area contributed by atoms with Crippen LogP contribution in [-0.4, -0.2) is 47.6 Å². The van der Waals surface area contributed by atoms with Gasteiger partial charge in [-0.3, -0.25) is 4.79 Å². The highest BCUT2D eigenvalue weighted by atomic mass is 32.1. The molecule has 0 radical (unpaired) electrons. The van der Waals surface area contributed by atoms with Crippen molar-refractivity contribution in [2.24, 2.45) is 0 Å². The van der Waals surface area contributed by atoms with Crippen LogP contribution in [-0.2, 0) is 4.74 Å². The molecule has 1 fully saturated rings. The molecule has 1 aliphatic heterocycles. The van der Waals surface area contributed by atoms with Gasteiger partial charge in [-0.15, -0.1) is 0 Å². The monoisotopic (exact) mass is 298 g/mol. The standard InChI is InChI=1S/C13H18N2O4S/c1-3-15(7-9-5-4-6-19-9)13-14-10(12(17)18)11(20-13)8(2)16/h9H,3-7H2,1-2H3,(H,17,18). The SMILES string of the molecule is CCN(CC1CCCO1)c1nc(C(=O)O)c(C(C)=O)s1. The number of aromatic nitrogens is 1. The molecule has 1 saturated heterocycles. The maximum absolute atomic E-state index is 11.5. The number of carboxylic acids is 1. The molecule has 1 N–H and O–H groups in total. The van der Waals surface area contributed by atoms with E-state index in [1.165, 1.54) is 6.92 Å². The zero-order valence-electron chi connectivity index (χ0n) is 11.6. The molecule has 6 nitrogen and oxygen atoms in total. The Morgan fingerprint density at radius 3 is 2.75 bits per heavy atom. The van der Waals surface area contributed by atoms with E-state index in [2.05, 4.69) is 4.98 Å². The minimum absolute atomic E-state index is 0.150. The molecule has 0 saturated carbocycles. The number of ether oxygens (including phenoxy) is 1. The number of Topliss-reactive ketones (excluding diaryl/α,β-unsaturated/α-hetero) is 1. The van der Waals surface area contributed by atoms with Crippen molar-refractivity contribution in [1.29, 1.82) is 0 Å². The average molecular weight is 298 g/mol. The van der Waals surface area contributed by atoms with E-state index >= 15 is 0 Å². The number of anilines is 1. The van der Waals surface area contributed by atoms with Gasteiger partial charge in [0.2, 0.25) is 0 Å². The van der Waals surface area contributed by atoms with Gasteiger partial charge < -0.3 is 14.7 Å². The molecule has 1 aliphatic rings. The third kappa shape index (κ3) is 3.16. The number of likely N-dealkylation sites (N-methyl/N-ethyl adjacent to an activating group) is 1. The third-order valence-electron chi connectivity index (χ3n) is 3.24. The van der Waals surface area contributed by atoms with Crippen molar-refractivity contribution in [2.75, 3.05) is 24.6 Å². The molecule has 1 aromatic heterocycles. The second-order valence-corrected chi connectivity index (χ2v) is 5.69. The fraction of sp³-hybridized carbons (Fsp3) is 0.615. The molecule has 0 aromatic carbocycles. The minimum atomic E-state index is -1.16. The van der Waals surface area contributed by atoms with Gasteiger partial charge in [-0.2, -0.15) is 0 Å². The van der Waals surface area contributed by atoms with Crippen molar-refractivity contribution in [1.82, 2.24) is 4.98 Å². The number of ketones is 1. The lowest BCUT2D eigenvalue weighted by Crippen LogP contribution is -2.32. The number of aromatic carboxylic acids is 1. The number of rotatable bonds is 6. The summed E-state index contributed by atoms with van der Waals surface area (Å²) in [6.07, 6.45) is 2.22. The topological polar surface area (TPSA) is 79.7 Å². The predicted octanol–water partition coefficient (Wildman–Crippen LogP) is 2.05. The summed E-state index contributed by atoms with van der Waals surface area (Å²) in [5.41, 5.74) is -0.150. The normalized spacial score (nSPS) is 18.2. The Morgan fingerprint density at radius 1 is 1.55 bits per heavy atom. The first kappa shape index (κ1) is 14.9. The quantitative estimate of drug-likeness (QED) is 0.810. The number of hydrogen-bond acceptors (Lipinski definition) is 6. The maximum Gasteiger partial charge on any atom is 0.356 e. The lowest BCUT2D eigenvalue weighted by Gasteiger charge is -2.23. The molecule has 1 atom stereocenters. The molecule has 0 aliphatic carbocycles. The first-order valence-corrected chi connectivity index (χ1v) is 7.46. The van der Waals surface area contributed by atoms with Crippen LogP contribution < -0.4 is 4.90 Å². The Kier molecular flexibility index (Phi) is 4.72. The van der Waals surface area contributed by atoms with Crippen LogP contribution >= 0.6 is 11.3 Å². The van der Waals surface area contributed by atoms with Crippen LogP contribution in [0.15, 0.2) is 0 Å². The second kappa shape index (κ2) is 6.32. The van der Waals surface area contributed by atoms with E-state index in [-0.39, 0.29) is 22.5 Å². The van der Waals surface area contributed by atoms with E-state index in [1.54, 1.807) is 0 Å². The number of carboxylic acid groups (broad SMARTS) is 1. The molecule has 7 heteroatoms. The number of nitrogens with zero attached hydrogens (tertiary/aromatic N) is 2.